The van der Waals surface area contributed by atoms with Crippen molar-refractivity contribution in [3.05, 3.63) is 39.8 Å². The Hall–Kier alpha value is -2.08. The summed E-state index contributed by atoms with van der Waals surface area (Å²) in [5.74, 6) is 0. The molecule has 0 bridgehead atoms. The first-order valence-corrected chi connectivity index (χ1v) is 7.46. The van der Waals surface area contributed by atoms with Gasteiger partial charge in [0.05, 0.1) is 23.9 Å². The van der Waals surface area contributed by atoms with Gasteiger partial charge in [-0.1, -0.05) is 0 Å². The smallest absolute Gasteiger partial charge is 0.411 e. The molecule has 112 valence electrons. The van der Waals surface area contributed by atoms with Gasteiger partial charge in [0, 0.05) is 16.3 Å². The van der Waals surface area contributed by atoms with Crippen LogP contribution in [0.25, 0.3) is 0 Å². The summed E-state index contributed by atoms with van der Waals surface area (Å²) in [6.07, 6.45) is -0.474. The molecule has 2 aromatic rings. The van der Waals surface area contributed by atoms with Crippen molar-refractivity contribution >= 4 is 28.8 Å². The zero-order valence-electron chi connectivity index (χ0n) is 12.6. The van der Waals surface area contributed by atoms with Crippen LogP contribution < -0.4 is 10.6 Å². The summed E-state index contributed by atoms with van der Waals surface area (Å²) < 4.78 is 4.55. The number of anilines is 2. The van der Waals surface area contributed by atoms with Crippen molar-refractivity contribution < 1.29 is 9.53 Å². The fraction of sp³-hybridized carbons (Fsp3) is 0.333. The monoisotopic (exact) mass is 305 g/mol. The molecule has 6 heteroatoms. The second-order valence-electron chi connectivity index (χ2n) is 4.73. The maximum atomic E-state index is 11.1. The number of hydrogen-bond acceptors (Lipinski definition) is 5. The second-order valence-corrected chi connectivity index (χ2v) is 6.14. The molecule has 0 aliphatic heterocycles. The molecule has 2 rings (SSSR count). The van der Waals surface area contributed by atoms with Gasteiger partial charge in [0.15, 0.2) is 0 Å². The summed E-state index contributed by atoms with van der Waals surface area (Å²) in [6.45, 7) is 6.19. The molecule has 0 saturated carbocycles. The Kier molecular flexibility index (Phi) is 4.80. The first-order valence-electron chi connectivity index (χ1n) is 6.65. The molecule has 1 heterocycles. The number of ether oxygens (including phenoxy) is 1. The molecule has 5 nitrogen and oxygen atoms in total. The Morgan fingerprint density at radius 3 is 2.38 bits per heavy atom. The second kappa shape index (κ2) is 6.58. The number of aryl methyl sites for hydroxylation is 2. The first kappa shape index (κ1) is 15.3. The highest BCUT2D eigenvalue weighted by molar-refractivity contribution is 7.11. The summed E-state index contributed by atoms with van der Waals surface area (Å²) in [7, 11) is 1.34. The Morgan fingerprint density at radius 2 is 1.86 bits per heavy atom. The molecule has 1 amide bonds. The molecule has 1 aromatic carbocycles. The van der Waals surface area contributed by atoms with E-state index >= 15 is 0 Å². The number of nitrogens with one attached hydrogen (secondary N) is 2. The number of aromatic nitrogens is 1. The van der Waals surface area contributed by atoms with Crippen LogP contribution in [0.2, 0.25) is 0 Å². The predicted molar refractivity (Wildman–Crippen MR) is 86.1 cm³/mol. The number of carbonyl (C=O) groups is 1. The third kappa shape index (κ3) is 3.95. The standard InChI is InChI=1S/C15H19N3O2S/c1-9(14-10(2)21-11(3)17-14)16-12-5-7-13(8-6-12)18-15(19)20-4/h5-9,16H,1-4H3,(H,18,19). The minimum atomic E-state index is -0.474. The van der Waals surface area contributed by atoms with Gasteiger partial charge in [0.1, 0.15) is 0 Å². The maximum Gasteiger partial charge on any atom is 0.411 e. The van der Waals surface area contributed by atoms with E-state index in [4.69, 9.17) is 0 Å². The molecule has 0 aliphatic carbocycles. The Morgan fingerprint density at radius 1 is 1.24 bits per heavy atom. The van der Waals surface area contributed by atoms with Gasteiger partial charge >= 0.3 is 6.09 Å². The molecule has 21 heavy (non-hydrogen) atoms. The lowest BCUT2D eigenvalue weighted by Crippen LogP contribution is -2.11. The molecule has 0 aliphatic rings. The van der Waals surface area contributed by atoms with E-state index in [-0.39, 0.29) is 6.04 Å². The van der Waals surface area contributed by atoms with Gasteiger partial charge in [-0.15, -0.1) is 11.3 Å². The Bertz CT molecular complexity index is 622. The van der Waals surface area contributed by atoms with Crippen LogP contribution in [0.5, 0.6) is 0 Å². The van der Waals surface area contributed by atoms with Crippen LogP contribution in [0.4, 0.5) is 16.2 Å². The third-order valence-corrected chi connectivity index (χ3v) is 3.95. The minimum absolute atomic E-state index is 0.134. The van der Waals surface area contributed by atoms with Gasteiger partial charge in [-0.05, 0) is 45.0 Å². The Labute approximate surface area is 128 Å². The highest BCUT2D eigenvalue weighted by atomic mass is 32.1. The number of methoxy groups -OCH3 is 1. The lowest BCUT2D eigenvalue weighted by atomic mass is 10.2. The van der Waals surface area contributed by atoms with Crippen molar-refractivity contribution in [2.75, 3.05) is 17.7 Å². The van der Waals surface area contributed by atoms with E-state index in [2.05, 4.69) is 34.2 Å². The van der Waals surface area contributed by atoms with E-state index in [9.17, 15) is 4.79 Å². The van der Waals surface area contributed by atoms with Crippen molar-refractivity contribution in [3.63, 3.8) is 0 Å². The molecular formula is C15H19N3O2S. The van der Waals surface area contributed by atoms with E-state index in [1.54, 1.807) is 11.3 Å². The van der Waals surface area contributed by atoms with Crippen LogP contribution in [0.15, 0.2) is 24.3 Å². The number of benzene rings is 1. The predicted octanol–water partition coefficient (Wildman–Crippen LogP) is 4.11. The van der Waals surface area contributed by atoms with Crippen LogP contribution in [0.1, 0.15) is 28.5 Å². The highest BCUT2D eigenvalue weighted by Crippen LogP contribution is 2.26. The van der Waals surface area contributed by atoms with Gasteiger partial charge in [0.25, 0.3) is 0 Å². The van der Waals surface area contributed by atoms with Crippen LogP contribution in [-0.4, -0.2) is 18.2 Å². The van der Waals surface area contributed by atoms with Crippen molar-refractivity contribution in [1.29, 1.82) is 0 Å². The molecule has 0 radical (unpaired) electrons. The summed E-state index contributed by atoms with van der Waals surface area (Å²) in [6, 6.07) is 7.61. The zero-order valence-corrected chi connectivity index (χ0v) is 13.4. The molecular weight excluding hydrogens is 286 g/mol. The van der Waals surface area contributed by atoms with Crippen molar-refractivity contribution in [1.82, 2.24) is 4.98 Å². The fourth-order valence-electron chi connectivity index (χ4n) is 2.08. The molecule has 1 atom stereocenters. The average molecular weight is 305 g/mol. The summed E-state index contributed by atoms with van der Waals surface area (Å²) in [5, 5.41) is 7.10. The largest absolute Gasteiger partial charge is 0.453 e. The molecule has 2 N–H and O–H groups in total. The summed E-state index contributed by atoms with van der Waals surface area (Å²) in [5.41, 5.74) is 2.75. The quantitative estimate of drug-likeness (QED) is 0.892. The molecule has 0 fully saturated rings. The molecule has 0 spiro atoms. The number of amides is 1. The van der Waals surface area contributed by atoms with E-state index in [0.29, 0.717) is 5.69 Å². The Balaban J connectivity index is 2.03. The number of rotatable bonds is 4. The van der Waals surface area contributed by atoms with Crippen molar-refractivity contribution in [2.24, 2.45) is 0 Å². The topological polar surface area (TPSA) is 63.2 Å². The van der Waals surface area contributed by atoms with Gasteiger partial charge in [-0.25, -0.2) is 9.78 Å². The van der Waals surface area contributed by atoms with E-state index in [1.807, 2.05) is 31.2 Å². The van der Waals surface area contributed by atoms with Crippen LogP contribution in [0.3, 0.4) is 0 Å². The van der Waals surface area contributed by atoms with Crippen LogP contribution in [-0.2, 0) is 4.74 Å². The molecule has 0 saturated heterocycles. The van der Waals surface area contributed by atoms with E-state index in [1.165, 1.54) is 12.0 Å². The first-order chi connectivity index (χ1) is 9.99. The third-order valence-electron chi connectivity index (χ3n) is 3.05. The molecule has 1 unspecified atom stereocenters. The fourth-order valence-corrected chi connectivity index (χ4v) is 3.00. The SMILES string of the molecule is COC(=O)Nc1ccc(NC(C)c2nc(C)sc2C)cc1. The van der Waals surface area contributed by atoms with Crippen molar-refractivity contribution in [2.45, 2.75) is 26.8 Å². The average Bonchev–Trinajstić information content (AvgIpc) is 2.80. The van der Waals surface area contributed by atoms with Gasteiger partial charge in [0.2, 0.25) is 0 Å². The lowest BCUT2D eigenvalue weighted by molar-refractivity contribution is 0.187. The summed E-state index contributed by atoms with van der Waals surface area (Å²) in [4.78, 5) is 16.9. The highest BCUT2D eigenvalue weighted by Gasteiger charge is 2.12. The van der Waals surface area contributed by atoms with Crippen LogP contribution >= 0.6 is 11.3 Å². The number of hydrogen-bond donors (Lipinski definition) is 2. The minimum Gasteiger partial charge on any atom is -0.453 e. The van der Waals surface area contributed by atoms with Gasteiger partial charge < -0.3 is 10.1 Å². The number of thiazole rings is 1. The summed E-state index contributed by atoms with van der Waals surface area (Å²) >= 11 is 1.71. The number of carbonyl (C=O) groups excluding carboxylic acids is 1. The lowest BCUT2D eigenvalue weighted by Gasteiger charge is -2.14. The molecule has 1 aromatic heterocycles. The maximum absolute atomic E-state index is 11.1. The van der Waals surface area contributed by atoms with Gasteiger partial charge in [-0.3, -0.25) is 5.32 Å². The number of nitrogens with zero attached hydrogens (tertiary/aromatic N) is 1. The van der Waals surface area contributed by atoms with Crippen molar-refractivity contribution in [3.8, 4) is 0 Å². The van der Waals surface area contributed by atoms with E-state index in [0.717, 1.165) is 16.4 Å². The normalized spacial score (nSPS) is 11.8. The van der Waals surface area contributed by atoms with E-state index < -0.39 is 6.09 Å². The zero-order chi connectivity index (χ0) is 15.4. The van der Waals surface area contributed by atoms with Gasteiger partial charge in [-0.2, -0.15) is 0 Å². The van der Waals surface area contributed by atoms with Crippen LogP contribution in [0, 0.1) is 13.8 Å².